The fraction of sp³-hybridized carbons (Fsp3) is 0.250. The molecule has 1 aromatic carbocycles. The lowest BCUT2D eigenvalue weighted by Crippen LogP contribution is -2.17. The molecule has 1 unspecified atom stereocenters. The molecule has 0 radical (unpaired) electrons. The third-order valence-corrected chi connectivity index (χ3v) is 4.84. The summed E-state index contributed by atoms with van der Waals surface area (Å²) in [5, 5.41) is 0.249. The molecular formula is C16H15F3N5O2P. The highest BCUT2D eigenvalue weighted by Crippen LogP contribution is 2.29. The minimum absolute atomic E-state index is 0.249. The van der Waals surface area contributed by atoms with E-state index in [4.69, 9.17) is 10.5 Å². The van der Waals surface area contributed by atoms with E-state index in [-0.39, 0.29) is 17.2 Å². The Morgan fingerprint density at radius 2 is 1.96 bits per heavy atom. The van der Waals surface area contributed by atoms with Gasteiger partial charge in [0.05, 0.1) is 24.5 Å². The number of nitrogens with zero attached hydrogens (tertiary/aromatic N) is 4. The van der Waals surface area contributed by atoms with Crippen LogP contribution in [0.25, 0.3) is 11.2 Å². The van der Waals surface area contributed by atoms with Crippen molar-refractivity contribution in [2.75, 3.05) is 5.73 Å². The van der Waals surface area contributed by atoms with Crippen molar-refractivity contribution in [2.24, 2.45) is 0 Å². The van der Waals surface area contributed by atoms with Gasteiger partial charge in [0.15, 0.2) is 11.5 Å². The number of nitrogens with two attached hydrogens (primary N) is 1. The van der Waals surface area contributed by atoms with Crippen LogP contribution in [0.3, 0.4) is 0 Å². The van der Waals surface area contributed by atoms with E-state index in [2.05, 4.69) is 15.0 Å². The van der Waals surface area contributed by atoms with E-state index < -0.39 is 19.5 Å². The number of halogens is 3. The van der Waals surface area contributed by atoms with Crippen molar-refractivity contribution in [3.05, 3.63) is 42.5 Å². The van der Waals surface area contributed by atoms with Gasteiger partial charge in [0.25, 0.3) is 0 Å². The number of aromatic nitrogens is 4. The predicted octanol–water partition coefficient (Wildman–Crippen LogP) is 1.67. The first kappa shape index (κ1) is 19.2. The van der Waals surface area contributed by atoms with Gasteiger partial charge in [-0.25, -0.2) is 15.0 Å². The van der Waals surface area contributed by atoms with E-state index in [1.54, 1.807) is 17.8 Å². The smallest absolute Gasteiger partial charge is 0.416 e. The summed E-state index contributed by atoms with van der Waals surface area (Å²) in [6.07, 6.45) is -1.94. The van der Waals surface area contributed by atoms with Crippen LogP contribution in [0.15, 0.2) is 36.9 Å². The second-order valence-electron chi connectivity index (χ2n) is 5.75. The highest BCUT2D eigenvalue weighted by Gasteiger charge is 2.30. The maximum Gasteiger partial charge on any atom is 0.416 e. The van der Waals surface area contributed by atoms with E-state index in [9.17, 15) is 18.1 Å². The standard InChI is InChI=1S/C16H15F3N5O2P/c1-10(6-24-8-23-13-14(20)21-7-22-15(13)24)26-9-27(25)12-4-2-11(3-5-12)16(17,18)19/h2-5,7-10H,6H2,1H3,(H2,20,21,22)/t10-/m1/s1. The van der Waals surface area contributed by atoms with Crippen molar-refractivity contribution in [3.63, 3.8) is 0 Å². The Labute approximate surface area is 153 Å². The number of rotatable bonds is 5. The number of hydrogen-bond acceptors (Lipinski definition) is 6. The summed E-state index contributed by atoms with van der Waals surface area (Å²) in [5.74, 6) is 1.40. The second kappa shape index (κ2) is 7.59. The third-order valence-electron chi connectivity index (χ3n) is 3.72. The van der Waals surface area contributed by atoms with Crippen molar-refractivity contribution < 1.29 is 22.8 Å². The van der Waals surface area contributed by atoms with Crippen molar-refractivity contribution in [2.45, 2.75) is 25.7 Å². The second-order valence-corrected chi connectivity index (χ2v) is 7.13. The number of hydrogen-bond donors (Lipinski definition) is 1. The van der Waals surface area contributed by atoms with Crippen LogP contribution in [0.1, 0.15) is 12.5 Å². The summed E-state index contributed by atoms with van der Waals surface area (Å²) >= 11 is 0. The zero-order valence-electron chi connectivity index (χ0n) is 14.1. The molecule has 0 amide bonds. The van der Waals surface area contributed by atoms with Gasteiger partial charge >= 0.3 is 6.18 Å². The molecule has 0 aliphatic carbocycles. The van der Waals surface area contributed by atoms with Crippen molar-refractivity contribution in [3.8, 4) is 0 Å². The van der Waals surface area contributed by atoms with Gasteiger partial charge in [0.2, 0.25) is 5.98 Å². The normalized spacial score (nSPS) is 13.9. The van der Waals surface area contributed by atoms with Gasteiger partial charge in [-0.15, -0.1) is 0 Å². The molecule has 0 spiro atoms. The summed E-state index contributed by atoms with van der Waals surface area (Å²) in [4.78, 5) is 24.3. The molecule has 3 aromatic rings. The zero-order valence-corrected chi connectivity index (χ0v) is 15.0. The Morgan fingerprint density at radius 3 is 2.63 bits per heavy atom. The van der Waals surface area contributed by atoms with Crippen LogP contribution >= 0.6 is 7.77 Å². The lowest BCUT2D eigenvalue weighted by Gasteiger charge is -2.10. The summed E-state index contributed by atoms with van der Waals surface area (Å²) in [6, 6.07) is 4.13. The summed E-state index contributed by atoms with van der Waals surface area (Å²) in [7, 11) is -2.09. The predicted molar refractivity (Wildman–Crippen MR) is 94.3 cm³/mol. The molecule has 27 heavy (non-hydrogen) atoms. The lowest BCUT2D eigenvalue weighted by atomic mass is 10.2. The number of anilines is 1. The Balaban J connectivity index is 1.66. The van der Waals surface area contributed by atoms with Crippen LogP contribution in [0.2, 0.25) is 0 Å². The lowest BCUT2D eigenvalue weighted by molar-refractivity contribution is -0.150. The summed E-state index contributed by atoms with van der Waals surface area (Å²) in [6.45, 7) is 2.11. The number of ether oxygens (including phenoxy) is 1. The van der Waals surface area contributed by atoms with Gasteiger partial charge in [-0.05, 0) is 31.2 Å². The Kier molecular flexibility index (Phi) is 5.41. The number of alkyl halides is 3. The summed E-state index contributed by atoms with van der Waals surface area (Å²) in [5.41, 5.74) is 5.96. The minimum atomic E-state index is -4.43. The number of nitrogen functional groups attached to an aromatic ring is 1. The van der Waals surface area contributed by atoms with Gasteiger partial charge in [0, 0.05) is 0 Å². The molecule has 0 aliphatic rings. The van der Waals surface area contributed by atoms with Crippen LogP contribution in [0.5, 0.6) is 0 Å². The molecule has 11 heteroatoms. The van der Waals surface area contributed by atoms with E-state index in [0.717, 1.165) is 18.1 Å². The minimum Gasteiger partial charge on any atom is -0.624 e. The largest absolute Gasteiger partial charge is 0.624 e. The van der Waals surface area contributed by atoms with Crippen LogP contribution in [0.4, 0.5) is 19.0 Å². The molecule has 7 nitrogen and oxygen atoms in total. The molecule has 2 heterocycles. The molecule has 0 aliphatic heterocycles. The molecular weight excluding hydrogens is 382 g/mol. The molecule has 2 aromatic heterocycles. The first-order valence-corrected chi connectivity index (χ1v) is 9.12. The average Bonchev–Trinajstić information content (AvgIpc) is 3.03. The summed E-state index contributed by atoms with van der Waals surface area (Å²) < 4.78 is 44.9. The first-order valence-electron chi connectivity index (χ1n) is 7.79. The van der Waals surface area contributed by atoms with Crippen LogP contribution in [-0.2, 0) is 17.5 Å². The van der Waals surface area contributed by atoms with Crippen molar-refractivity contribution in [1.82, 2.24) is 19.5 Å². The van der Waals surface area contributed by atoms with Crippen LogP contribution in [-0.4, -0.2) is 31.6 Å². The van der Waals surface area contributed by atoms with E-state index >= 15 is 0 Å². The molecule has 0 fully saturated rings. The molecule has 2 atom stereocenters. The molecule has 0 bridgehead atoms. The third kappa shape index (κ3) is 4.41. The van der Waals surface area contributed by atoms with Crippen molar-refractivity contribution in [1.29, 1.82) is 0 Å². The van der Waals surface area contributed by atoms with Crippen LogP contribution in [0, 0.1) is 0 Å². The first-order chi connectivity index (χ1) is 12.8. The Bertz CT molecular complexity index is 972. The SMILES string of the molecule is C[C@H](Cn1cnc2c(N)ncnc21)OC=[P+]([O-])c1ccc(C(F)(F)F)cc1. The van der Waals surface area contributed by atoms with Gasteiger partial charge in [-0.2, -0.15) is 13.2 Å². The Morgan fingerprint density at radius 1 is 1.26 bits per heavy atom. The number of imidazole rings is 1. The maximum atomic E-state index is 12.6. The Hall–Kier alpha value is -2.55. The molecule has 3 rings (SSSR count). The topological polar surface area (TPSA) is 102 Å². The number of fused-ring (bicyclic) bond motifs is 1. The molecule has 0 saturated carbocycles. The van der Waals surface area contributed by atoms with Crippen molar-refractivity contribution >= 4 is 36.0 Å². The number of benzene rings is 1. The van der Waals surface area contributed by atoms with Gasteiger partial charge in [0.1, 0.15) is 24.9 Å². The fourth-order valence-electron chi connectivity index (χ4n) is 2.37. The van der Waals surface area contributed by atoms with Gasteiger partial charge < -0.3 is 19.9 Å². The average molecular weight is 397 g/mol. The van der Waals surface area contributed by atoms with Gasteiger partial charge in [-0.1, -0.05) is 0 Å². The van der Waals surface area contributed by atoms with E-state index in [1.165, 1.54) is 18.5 Å². The quantitative estimate of drug-likeness (QED) is 0.658. The highest BCUT2D eigenvalue weighted by atomic mass is 31.1. The zero-order chi connectivity index (χ0) is 19.6. The fourth-order valence-corrected chi connectivity index (χ4v) is 3.25. The molecule has 2 N–H and O–H groups in total. The van der Waals surface area contributed by atoms with E-state index in [0.29, 0.717) is 17.7 Å². The highest BCUT2D eigenvalue weighted by molar-refractivity contribution is 7.57. The molecule has 142 valence electrons. The maximum absolute atomic E-state index is 12.6. The molecule has 0 saturated heterocycles. The monoisotopic (exact) mass is 397 g/mol. The van der Waals surface area contributed by atoms with E-state index in [1.807, 2.05) is 0 Å². The van der Waals surface area contributed by atoms with Gasteiger partial charge in [-0.3, -0.25) is 0 Å². The van der Waals surface area contributed by atoms with Crippen LogP contribution < -0.4 is 15.9 Å².